The minimum absolute atomic E-state index is 0.523. The minimum Gasteiger partial charge on any atom is -0.489 e. The summed E-state index contributed by atoms with van der Waals surface area (Å²) in [4.78, 5) is 0. The van der Waals surface area contributed by atoms with Gasteiger partial charge in [0, 0.05) is 0 Å². The lowest BCUT2D eigenvalue weighted by Crippen LogP contribution is -1.99. The molecule has 0 amide bonds. The third-order valence-electron chi connectivity index (χ3n) is 4.03. The average Bonchev–Trinajstić information content (AvgIpc) is 2.72. The molecular formula is C24H22O2. The van der Waals surface area contributed by atoms with Crippen molar-refractivity contribution in [3.05, 3.63) is 108 Å². The molecule has 3 aromatic carbocycles. The fraction of sp³-hybridized carbons (Fsp3) is 0.0833. The Hall–Kier alpha value is -3.26. The molecule has 26 heavy (non-hydrogen) atoms. The topological polar surface area (TPSA) is 18.5 Å². The lowest BCUT2D eigenvalue weighted by Gasteiger charge is -2.10. The van der Waals surface area contributed by atoms with E-state index < -0.39 is 0 Å². The summed E-state index contributed by atoms with van der Waals surface area (Å²) >= 11 is 0. The van der Waals surface area contributed by atoms with Crippen molar-refractivity contribution in [2.24, 2.45) is 0 Å². The van der Waals surface area contributed by atoms with E-state index in [0.717, 1.165) is 33.8 Å². The molecule has 0 radical (unpaired) electrons. The number of hydrogen-bond acceptors (Lipinski definition) is 2. The van der Waals surface area contributed by atoms with Gasteiger partial charge in [0.15, 0.2) is 0 Å². The van der Waals surface area contributed by atoms with Crippen LogP contribution in [0.25, 0.3) is 12.2 Å². The van der Waals surface area contributed by atoms with E-state index in [1.807, 2.05) is 66.7 Å². The van der Waals surface area contributed by atoms with Crippen LogP contribution in [0.15, 0.2) is 86.0 Å². The fourth-order valence-corrected chi connectivity index (χ4v) is 2.54. The van der Waals surface area contributed by atoms with Crippen molar-refractivity contribution in [3.63, 3.8) is 0 Å². The first-order chi connectivity index (χ1) is 12.8. The summed E-state index contributed by atoms with van der Waals surface area (Å²) in [6.07, 6.45) is 3.64. The highest BCUT2D eigenvalue weighted by Gasteiger charge is 2.00. The number of rotatable bonds is 8. The second-order valence-electron chi connectivity index (χ2n) is 5.94. The molecule has 0 heterocycles. The van der Waals surface area contributed by atoms with Gasteiger partial charge >= 0.3 is 0 Å². The predicted octanol–water partition coefficient (Wildman–Crippen LogP) is 6.13. The van der Waals surface area contributed by atoms with Crippen LogP contribution in [-0.2, 0) is 13.2 Å². The summed E-state index contributed by atoms with van der Waals surface area (Å²) in [6, 6.07) is 24.0. The van der Waals surface area contributed by atoms with Crippen LogP contribution in [0, 0.1) is 0 Å². The molecule has 0 atom stereocenters. The minimum atomic E-state index is 0.523. The standard InChI is InChI=1S/C24H22O2/c1-3-19-8-12-23(13-9-19)25-17-21-6-5-7-22(16-21)18-26-24-14-10-20(4-2)11-15-24/h3-16H,1-2,17-18H2. The van der Waals surface area contributed by atoms with E-state index in [-0.39, 0.29) is 0 Å². The van der Waals surface area contributed by atoms with Crippen LogP contribution in [0.3, 0.4) is 0 Å². The fourth-order valence-electron chi connectivity index (χ4n) is 2.54. The summed E-state index contributed by atoms with van der Waals surface area (Å²) in [5.41, 5.74) is 4.39. The summed E-state index contributed by atoms with van der Waals surface area (Å²) in [5, 5.41) is 0. The van der Waals surface area contributed by atoms with E-state index in [0.29, 0.717) is 13.2 Å². The SMILES string of the molecule is C=Cc1ccc(OCc2cccc(COc3ccc(C=C)cc3)c2)cc1. The third kappa shape index (κ3) is 4.87. The third-order valence-corrected chi connectivity index (χ3v) is 4.03. The average molecular weight is 342 g/mol. The summed E-state index contributed by atoms with van der Waals surface area (Å²) in [5.74, 6) is 1.69. The van der Waals surface area contributed by atoms with Crippen molar-refractivity contribution in [2.45, 2.75) is 13.2 Å². The highest BCUT2D eigenvalue weighted by Crippen LogP contribution is 2.17. The zero-order valence-electron chi connectivity index (χ0n) is 14.7. The second kappa shape index (κ2) is 8.72. The first-order valence-corrected chi connectivity index (χ1v) is 8.55. The molecule has 2 heteroatoms. The van der Waals surface area contributed by atoms with Crippen molar-refractivity contribution in [2.75, 3.05) is 0 Å². The van der Waals surface area contributed by atoms with Gasteiger partial charge in [-0.2, -0.15) is 0 Å². The first kappa shape index (κ1) is 17.6. The zero-order valence-corrected chi connectivity index (χ0v) is 14.7. The van der Waals surface area contributed by atoms with Gasteiger partial charge in [0.05, 0.1) is 0 Å². The second-order valence-corrected chi connectivity index (χ2v) is 5.94. The Kier molecular flexibility index (Phi) is 5.89. The Morgan fingerprint density at radius 1 is 0.615 bits per heavy atom. The maximum Gasteiger partial charge on any atom is 0.119 e. The lowest BCUT2D eigenvalue weighted by atomic mass is 10.1. The van der Waals surface area contributed by atoms with Crippen molar-refractivity contribution in [1.29, 1.82) is 0 Å². The van der Waals surface area contributed by atoms with Gasteiger partial charge in [-0.25, -0.2) is 0 Å². The molecule has 0 aliphatic heterocycles. The van der Waals surface area contributed by atoms with Gasteiger partial charge in [-0.1, -0.05) is 67.8 Å². The lowest BCUT2D eigenvalue weighted by molar-refractivity contribution is 0.300. The van der Waals surface area contributed by atoms with E-state index in [9.17, 15) is 0 Å². The monoisotopic (exact) mass is 342 g/mol. The molecule has 3 aromatic rings. The maximum absolute atomic E-state index is 5.85. The molecule has 0 unspecified atom stereocenters. The molecule has 0 saturated carbocycles. The molecule has 3 rings (SSSR count). The molecule has 2 nitrogen and oxygen atoms in total. The number of benzene rings is 3. The van der Waals surface area contributed by atoms with Crippen molar-refractivity contribution in [3.8, 4) is 11.5 Å². The number of hydrogen-bond donors (Lipinski definition) is 0. The van der Waals surface area contributed by atoms with Crippen molar-refractivity contribution >= 4 is 12.2 Å². The normalized spacial score (nSPS) is 10.2. The molecule has 0 bridgehead atoms. The molecule has 0 fully saturated rings. The van der Waals surface area contributed by atoms with E-state index in [1.165, 1.54) is 0 Å². The van der Waals surface area contributed by atoms with Gasteiger partial charge in [0.1, 0.15) is 24.7 Å². The quantitative estimate of drug-likeness (QED) is 0.490. The molecule has 0 aliphatic rings. The van der Waals surface area contributed by atoms with Gasteiger partial charge < -0.3 is 9.47 Å². The van der Waals surface area contributed by atoms with Crippen LogP contribution in [0.5, 0.6) is 11.5 Å². The highest BCUT2D eigenvalue weighted by atomic mass is 16.5. The molecule has 0 N–H and O–H groups in total. The van der Waals surface area contributed by atoms with E-state index in [4.69, 9.17) is 9.47 Å². The van der Waals surface area contributed by atoms with Crippen LogP contribution < -0.4 is 9.47 Å². The molecule has 0 spiro atoms. The van der Waals surface area contributed by atoms with Gasteiger partial charge in [0.2, 0.25) is 0 Å². The Labute approximate surface area is 155 Å². The van der Waals surface area contributed by atoms with Gasteiger partial charge in [-0.15, -0.1) is 0 Å². The number of ether oxygens (including phenoxy) is 2. The Morgan fingerprint density at radius 2 is 1.04 bits per heavy atom. The summed E-state index contributed by atoms with van der Waals surface area (Å²) in [6.45, 7) is 8.56. The molecule has 0 saturated heterocycles. The smallest absolute Gasteiger partial charge is 0.119 e. The summed E-state index contributed by atoms with van der Waals surface area (Å²) in [7, 11) is 0. The van der Waals surface area contributed by atoms with Gasteiger partial charge in [-0.3, -0.25) is 0 Å². The van der Waals surface area contributed by atoms with Crippen LogP contribution in [-0.4, -0.2) is 0 Å². The van der Waals surface area contributed by atoms with E-state index >= 15 is 0 Å². The van der Waals surface area contributed by atoms with Crippen LogP contribution in [0.4, 0.5) is 0 Å². The summed E-state index contributed by atoms with van der Waals surface area (Å²) < 4.78 is 11.7. The largest absolute Gasteiger partial charge is 0.489 e. The Balaban J connectivity index is 1.56. The van der Waals surface area contributed by atoms with Gasteiger partial charge in [0.25, 0.3) is 0 Å². The Morgan fingerprint density at radius 3 is 1.42 bits per heavy atom. The molecule has 0 aliphatic carbocycles. The molecule has 0 aromatic heterocycles. The maximum atomic E-state index is 5.85. The Bertz CT molecular complexity index is 791. The first-order valence-electron chi connectivity index (χ1n) is 8.55. The molecular weight excluding hydrogens is 320 g/mol. The van der Waals surface area contributed by atoms with Crippen LogP contribution in [0.1, 0.15) is 22.3 Å². The predicted molar refractivity (Wildman–Crippen MR) is 108 cm³/mol. The zero-order chi connectivity index (χ0) is 18.2. The van der Waals surface area contributed by atoms with Crippen LogP contribution in [0.2, 0.25) is 0 Å². The molecule has 130 valence electrons. The highest BCUT2D eigenvalue weighted by molar-refractivity contribution is 5.49. The van der Waals surface area contributed by atoms with E-state index in [1.54, 1.807) is 0 Å². The van der Waals surface area contributed by atoms with E-state index in [2.05, 4.69) is 31.4 Å². The van der Waals surface area contributed by atoms with Gasteiger partial charge in [-0.05, 0) is 52.6 Å². The van der Waals surface area contributed by atoms with Crippen molar-refractivity contribution in [1.82, 2.24) is 0 Å². The van der Waals surface area contributed by atoms with Crippen LogP contribution >= 0.6 is 0 Å². The van der Waals surface area contributed by atoms with Crippen molar-refractivity contribution < 1.29 is 9.47 Å².